The van der Waals surface area contributed by atoms with E-state index in [0.29, 0.717) is 0 Å². The highest BCUT2D eigenvalue weighted by atomic mass is 14.1. The molecule has 0 spiro atoms. The lowest BCUT2D eigenvalue weighted by molar-refractivity contribution is 0.956. The maximum atomic E-state index is 3.83. The second-order valence-electron chi connectivity index (χ2n) is 4.44. The molecule has 0 nitrogen and oxygen atoms in total. The van der Waals surface area contributed by atoms with Crippen LogP contribution in [0.25, 0.3) is 5.57 Å². The Bertz CT molecular complexity index is 599. The van der Waals surface area contributed by atoms with Crippen molar-refractivity contribution in [3.05, 3.63) is 96.3 Å². The van der Waals surface area contributed by atoms with E-state index >= 15 is 0 Å². The van der Waals surface area contributed by atoms with Crippen molar-refractivity contribution in [2.24, 2.45) is 0 Å². The van der Waals surface area contributed by atoms with E-state index in [1.54, 1.807) is 0 Å². The maximum Gasteiger partial charge on any atom is 0.0227 e. The molecule has 0 aromatic heterocycles. The van der Waals surface area contributed by atoms with Gasteiger partial charge in [-0.3, -0.25) is 0 Å². The molecule has 0 atom stereocenters. The molecule has 0 aliphatic rings. The van der Waals surface area contributed by atoms with Crippen molar-refractivity contribution in [3.8, 4) is 0 Å². The summed E-state index contributed by atoms with van der Waals surface area (Å²) >= 11 is 0. The van der Waals surface area contributed by atoms with Gasteiger partial charge in [0.25, 0.3) is 0 Å². The van der Waals surface area contributed by atoms with E-state index in [9.17, 15) is 0 Å². The zero-order chi connectivity index (χ0) is 13.5. The molecule has 0 heterocycles. The summed E-state index contributed by atoms with van der Waals surface area (Å²) < 4.78 is 0. The summed E-state index contributed by atoms with van der Waals surface area (Å²) in [5, 5.41) is 0. The van der Waals surface area contributed by atoms with E-state index in [0.717, 1.165) is 18.4 Å². The van der Waals surface area contributed by atoms with Gasteiger partial charge in [-0.05, 0) is 29.5 Å². The van der Waals surface area contributed by atoms with Gasteiger partial charge in [-0.25, -0.2) is 0 Å². The Morgan fingerprint density at radius 1 is 0.947 bits per heavy atom. The Hall–Kier alpha value is -2.30. The Balaban J connectivity index is 2.21. The van der Waals surface area contributed by atoms with Crippen molar-refractivity contribution in [1.82, 2.24) is 0 Å². The molecule has 0 saturated heterocycles. The third-order valence-corrected chi connectivity index (χ3v) is 3.23. The highest BCUT2D eigenvalue weighted by Crippen LogP contribution is 2.20. The molecule has 0 aliphatic heterocycles. The number of rotatable bonds is 5. The van der Waals surface area contributed by atoms with E-state index in [1.807, 2.05) is 18.2 Å². The molecular weight excluding hydrogens is 228 g/mol. The molecular formula is C19H18. The molecule has 0 bridgehead atoms. The number of benzene rings is 2. The number of hydrogen-bond donors (Lipinski definition) is 0. The Morgan fingerprint density at radius 3 is 2.32 bits per heavy atom. The van der Waals surface area contributed by atoms with Crippen molar-refractivity contribution in [2.75, 3.05) is 0 Å². The Labute approximate surface area is 115 Å². The minimum Gasteiger partial charge on any atom is -0.120 e. The number of allylic oxidation sites excluding steroid dienone is 2. The fourth-order valence-corrected chi connectivity index (χ4v) is 2.20. The van der Waals surface area contributed by atoms with Crippen LogP contribution in [-0.4, -0.2) is 0 Å². The van der Waals surface area contributed by atoms with E-state index in [1.165, 1.54) is 16.7 Å². The minimum absolute atomic E-state index is 0.976. The van der Waals surface area contributed by atoms with Gasteiger partial charge in [0.2, 0.25) is 0 Å². The summed E-state index contributed by atoms with van der Waals surface area (Å²) in [6, 6.07) is 18.9. The summed E-state index contributed by atoms with van der Waals surface area (Å²) in [5.74, 6) is 0. The quantitative estimate of drug-likeness (QED) is 0.524. The van der Waals surface area contributed by atoms with Crippen molar-refractivity contribution >= 4 is 5.57 Å². The van der Waals surface area contributed by atoms with Gasteiger partial charge in [-0.2, -0.15) is 0 Å². The monoisotopic (exact) mass is 246 g/mol. The lowest BCUT2D eigenvalue weighted by Gasteiger charge is -2.09. The van der Waals surface area contributed by atoms with Gasteiger partial charge in [0.05, 0.1) is 0 Å². The van der Waals surface area contributed by atoms with Crippen molar-refractivity contribution < 1.29 is 0 Å². The van der Waals surface area contributed by atoms with Gasteiger partial charge < -0.3 is 0 Å². The lowest BCUT2D eigenvalue weighted by Crippen LogP contribution is -1.95. The van der Waals surface area contributed by atoms with E-state index < -0.39 is 0 Å². The maximum absolute atomic E-state index is 3.83. The third-order valence-electron chi connectivity index (χ3n) is 3.23. The van der Waals surface area contributed by atoms with Crippen LogP contribution in [0, 0.1) is 0 Å². The minimum atomic E-state index is 0.976. The van der Waals surface area contributed by atoms with Gasteiger partial charge in [0.15, 0.2) is 0 Å². The van der Waals surface area contributed by atoms with Gasteiger partial charge in [0, 0.05) is 5.57 Å². The van der Waals surface area contributed by atoms with Gasteiger partial charge in [-0.1, -0.05) is 73.8 Å². The molecule has 0 amide bonds. The predicted molar refractivity (Wildman–Crippen MR) is 83.0 cm³/mol. The molecule has 94 valence electrons. The Kier molecular flexibility index (Phi) is 4.55. The van der Waals surface area contributed by atoms with Crippen LogP contribution in [0.1, 0.15) is 16.7 Å². The van der Waals surface area contributed by atoms with Crippen LogP contribution >= 0.6 is 0 Å². The first-order valence-electron chi connectivity index (χ1n) is 6.50. The fourth-order valence-electron chi connectivity index (χ4n) is 2.20. The first-order chi connectivity index (χ1) is 9.35. The SMILES string of the molecule is C=C=C(C=C)c1ccccc1CCc1ccccc1. The van der Waals surface area contributed by atoms with Crippen LogP contribution in [0.5, 0.6) is 0 Å². The van der Waals surface area contributed by atoms with E-state index in [4.69, 9.17) is 0 Å². The van der Waals surface area contributed by atoms with Crippen LogP contribution in [-0.2, 0) is 12.8 Å². The molecule has 2 aromatic carbocycles. The average molecular weight is 246 g/mol. The van der Waals surface area contributed by atoms with E-state index in [-0.39, 0.29) is 0 Å². The fraction of sp³-hybridized carbons (Fsp3) is 0.105. The van der Waals surface area contributed by atoms with Crippen LogP contribution in [0.15, 0.2) is 79.6 Å². The lowest BCUT2D eigenvalue weighted by atomic mass is 9.95. The number of aryl methyl sites for hydroxylation is 2. The molecule has 19 heavy (non-hydrogen) atoms. The number of hydrogen-bond acceptors (Lipinski definition) is 0. The van der Waals surface area contributed by atoms with Gasteiger partial charge in [0.1, 0.15) is 0 Å². The smallest absolute Gasteiger partial charge is 0.0227 e. The molecule has 2 rings (SSSR count). The highest BCUT2D eigenvalue weighted by Gasteiger charge is 2.04. The van der Waals surface area contributed by atoms with Gasteiger partial charge in [-0.15, -0.1) is 5.73 Å². The Morgan fingerprint density at radius 2 is 1.63 bits per heavy atom. The van der Waals surface area contributed by atoms with Crippen molar-refractivity contribution in [2.45, 2.75) is 12.8 Å². The standard InChI is InChI=1S/C19H18/c1-3-17(4-2)19-13-9-8-12-18(19)15-14-16-10-6-5-7-11-16/h3,5-13H,1-2,14-15H2. The van der Waals surface area contributed by atoms with Crippen LogP contribution in [0.2, 0.25) is 0 Å². The summed E-state index contributed by atoms with van der Waals surface area (Å²) in [4.78, 5) is 0. The average Bonchev–Trinajstić information content (AvgIpc) is 2.48. The van der Waals surface area contributed by atoms with Crippen molar-refractivity contribution in [1.29, 1.82) is 0 Å². The molecule has 2 aromatic rings. The topological polar surface area (TPSA) is 0 Å². The molecule has 0 fully saturated rings. The molecule has 0 N–H and O–H groups in total. The largest absolute Gasteiger partial charge is 0.120 e. The predicted octanol–water partition coefficient (Wildman–Crippen LogP) is 4.83. The normalized spacial score (nSPS) is 9.68. The highest BCUT2D eigenvalue weighted by molar-refractivity contribution is 5.74. The zero-order valence-electron chi connectivity index (χ0n) is 11.1. The summed E-state index contributed by atoms with van der Waals surface area (Å²) in [7, 11) is 0. The molecule has 0 saturated carbocycles. The summed E-state index contributed by atoms with van der Waals surface area (Å²) in [6.45, 7) is 7.56. The van der Waals surface area contributed by atoms with Crippen LogP contribution in [0.4, 0.5) is 0 Å². The third kappa shape index (κ3) is 3.34. The summed E-state index contributed by atoms with van der Waals surface area (Å²) in [6.07, 6.45) is 3.87. The molecule has 0 aliphatic carbocycles. The molecule has 0 heteroatoms. The van der Waals surface area contributed by atoms with Crippen LogP contribution in [0.3, 0.4) is 0 Å². The van der Waals surface area contributed by atoms with E-state index in [2.05, 4.69) is 61.4 Å². The van der Waals surface area contributed by atoms with Crippen molar-refractivity contribution in [3.63, 3.8) is 0 Å². The first kappa shape index (κ1) is 13.1. The zero-order valence-corrected chi connectivity index (χ0v) is 11.1. The first-order valence-corrected chi connectivity index (χ1v) is 6.50. The molecule has 0 unspecified atom stereocenters. The van der Waals surface area contributed by atoms with Crippen LogP contribution < -0.4 is 0 Å². The molecule has 0 radical (unpaired) electrons. The van der Waals surface area contributed by atoms with Gasteiger partial charge >= 0.3 is 0 Å². The second kappa shape index (κ2) is 6.58. The summed E-state index contributed by atoms with van der Waals surface area (Å²) in [5.41, 5.74) is 7.79. The second-order valence-corrected chi connectivity index (χ2v) is 4.44.